The zero-order valence-corrected chi connectivity index (χ0v) is 17.2. The number of likely N-dealkylation sites (tertiary alicyclic amines) is 1. The van der Waals surface area contributed by atoms with Crippen molar-refractivity contribution in [2.45, 2.75) is 44.8 Å². The van der Waals surface area contributed by atoms with Crippen LogP contribution in [-0.2, 0) is 20.7 Å². The summed E-state index contributed by atoms with van der Waals surface area (Å²) in [5.74, 6) is 0.276. The van der Waals surface area contributed by atoms with E-state index in [1.54, 1.807) is 24.0 Å². The van der Waals surface area contributed by atoms with Crippen LogP contribution < -0.4 is 15.7 Å². The monoisotopic (exact) mass is 414 g/mol. The number of hydrogen-bond donors (Lipinski definition) is 1. The number of morpholine rings is 1. The van der Waals surface area contributed by atoms with Crippen molar-refractivity contribution in [1.29, 1.82) is 0 Å². The first-order valence-electron chi connectivity index (χ1n) is 10.3. The summed E-state index contributed by atoms with van der Waals surface area (Å²) in [5.41, 5.74) is 0.596. The molecule has 4 rings (SSSR count). The van der Waals surface area contributed by atoms with Gasteiger partial charge in [-0.3, -0.25) is 9.59 Å². The Hall–Kier alpha value is -2.87. The molecule has 0 bridgehead atoms. The van der Waals surface area contributed by atoms with Gasteiger partial charge in [0.05, 0.1) is 5.60 Å². The van der Waals surface area contributed by atoms with Crippen molar-refractivity contribution in [3.63, 3.8) is 0 Å². The standard InChI is InChI=1S/C22H26N2O6/c1-3-15-10-20(26)30-18-11-16(4-5-17(15)18)29-14(2)21(27)24-8-6-22(7-9-24)13-23-19(25)12-28-22/h4-5,10-11,14H,3,6-9,12-13H2,1-2H3,(H,23,25). The van der Waals surface area contributed by atoms with Gasteiger partial charge in [0, 0.05) is 37.2 Å². The van der Waals surface area contributed by atoms with Crippen molar-refractivity contribution in [1.82, 2.24) is 10.2 Å². The Bertz CT molecular complexity index is 1010. The Morgan fingerprint density at radius 2 is 2.03 bits per heavy atom. The van der Waals surface area contributed by atoms with Gasteiger partial charge in [0.25, 0.3) is 5.91 Å². The lowest BCUT2D eigenvalue weighted by atomic mass is 9.90. The minimum atomic E-state index is -0.676. The predicted molar refractivity (Wildman–Crippen MR) is 109 cm³/mol. The van der Waals surface area contributed by atoms with Crippen LogP contribution in [0.5, 0.6) is 5.75 Å². The highest BCUT2D eigenvalue weighted by atomic mass is 16.5. The molecule has 30 heavy (non-hydrogen) atoms. The minimum Gasteiger partial charge on any atom is -0.481 e. The Balaban J connectivity index is 1.40. The van der Waals surface area contributed by atoms with Crippen LogP contribution in [0.2, 0.25) is 0 Å². The Labute approximate surface area is 174 Å². The quantitative estimate of drug-likeness (QED) is 0.764. The molecule has 2 aromatic rings. The van der Waals surface area contributed by atoms with E-state index in [1.165, 1.54) is 6.07 Å². The fourth-order valence-corrected chi connectivity index (χ4v) is 4.12. The second kappa shape index (κ2) is 8.10. The SMILES string of the molecule is CCc1cc(=O)oc2cc(OC(C)C(=O)N3CCC4(CC3)CNC(=O)CO4)ccc12. The second-order valence-electron chi connectivity index (χ2n) is 7.94. The summed E-state index contributed by atoms with van der Waals surface area (Å²) < 4.78 is 16.9. The molecular weight excluding hydrogens is 388 g/mol. The summed E-state index contributed by atoms with van der Waals surface area (Å²) in [5, 5.41) is 3.71. The fourth-order valence-electron chi connectivity index (χ4n) is 4.12. The highest BCUT2D eigenvalue weighted by molar-refractivity contribution is 5.83. The predicted octanol–water partition coefficient (Wildman–Crippen LogP) is 1.63. The van der Waals surface area contributed by atoms with Crippen LogP contribution in [0, 0.1) is 0 Å². The van der Waals surface area contributed by atoms with E-state index < -0.39 is 11.7 Å². The molecule has 8 heteroatoms. The topological polar surface area (TPSA) is 98.1 Å². The number of amides is 2. The maximum atomic E-state index is 12.9. The number of benzene rings is 1. The van der Waals surface area contributed by atoms with E-state index in [-0.39, 0.29) is 24.0 Å². The molecule has 2 saturated heterocycles. The second-order valence-corrected chi connectivity index (χ2v) is 7.94. The Morgan fingerprint density at radius 1 is 1.27 bits per heavy atom. The molecule has 1 atom stereocenters. The number of fused-ring (bicyclic) bond motifs is 1. The van der Waals surface area contributed by atoms with Crippen LogP contribution in [0.25, 0.3) is 11.0 Å². The third-order valence-electron chi connectivity index (χ3n) is 5.95. The number of nitrogens with zero attached hydrogens (tertiary/aromatic N) is 1. The van der Waals surface area contributed by atoms with Crippen LogP contribution in [0.1, 0.15) is 32.3 Å². The first kappa shape index (κ1) is 20.4. The summed E-state index contributed by atoms with van der Waals surface area (Å²) >= 11 is 0. The number of ether oxygens (including phenoxy) is 2. The number of rotatable bonds is 4. The van der Waals surface area contributed by atoms with Gasteiger partial charge in [-0.05, 0) is 43.9 Å². The Morgan fingerprint density at radius 3 is 2.70 bits per heavy atom. The maximum absolute atomic E-state index is 12.9. The van der Waals surface area contributed by atoms with Gasteiger partial charge in [0.2, 0.25) is 5.91 Å². The number of nitrogens with one attached hydrogen (secondary N) is 1. The molecular formula is C22H26N2O6. The van der Waals surface area contributed by atoms with Gasteiger partial charge < -0.3 is 24.1 Å². The van der Waals surface area contributed by atoms with Crippen LogP contribution in [0.15, 0.2) is 33.5 Å². The number of piperidine rings is 1. The zero-order valence-electron chi connectivity index (χ0n) is 17.2. The highest BCUT2D eigenvalue weighted by Crippen LogP contribution is 2.29. The summed E-state index contributed by atoms with van der Waals surface area (Å²) in [7, 11) is 0. The van der Waals surface area contributed by atoms with Crippen molar-refractivity contribution < 1.29 is 23.5 Å². The average Bonchev–Trinajstić information content (AvgIpc) is 2.75. The average molecular weight is 414 g/mol. The van der Waals surface area contributed by atoms with Crippen LogP contribution in [-0.4, -0.2) is 54.7 Å². The summed E-state index contributed by atoms with van der Waals surface area (Å²) in [4.78, 5) is 37.7. The third kappa shape index (κ3) is 4.05. The van der Waals surface area contributed by atoms with Crippen molar-refractivity contribution in [3.8, 4) is 5.75 Å². The van der Waals surface area contributed by atoms with E-state index >= 15 is 0 Å². The largest absolute Gasteiger partial charge is 0.481 e. The number of hydrogen-bond acceptors (Lipinski definition) is 6. The van der Waals surface area contributed by atoms with E-state index in [1.807, 2.05) is 13.0 Å². The van der Waals surface area contributed by atoms with Crippen molar-refractivity contribution in [3.05, 3.63) is 40.2 Å². The highest BCUT2D eigenvalue weighted by Gasteiger charge is 2.40. The van der Waals surface area contributed by atoms with Gasteiger partial charge in [0.15, 0.2) is 6.10 Å². The van der Waals surface area contributed by atoms with E-state index in [2.05, 4.69) is 5.32 Å². The van der Waals surface area contributed by atoms with Gasteiger partial charge in [-0.15, -0.1) is 0 Å². The van der Waals surface area contributed by atoms with Gasteiger partial charge >= 0.3 is 5.63 Å². The number of carbonyl (C=O) groups is 2. The normalized spacial score (nSPS) is 19.5. The first-order chi connectivity index (χ1) is 14.4. The molecule has 2 amide bonds. The molecule has 1 unspecified atom stereocenters. The van der Waals surface area contributed by atoms with Gasteiger partial charge in [0.1, 0.15) is 17.9 Å². The van der Waals surface area contributed by atoms with Gasteiger partial charge in [-0.2, -0.15) is 0 Å². The summed E-state index contributed by atoms with van der Waals surface area (Å²) in [6.07, 6.45) is 1.39. The molecule has 0 aliphatic carbocycles. The maximum Gasteiger partial charge on any atom is 0.336 e. The van der Waals surface area contributed by atoms with E-state index in [4.69, 9.17) is 13.9 Å². The summed E-state index contributed by atoms with van der Waals surface area (Å²) in [6.45, 7) is 5.36. The van der Waals surface area contributed by atoms with Crippen molar-refractivity contribution >= 4 is 22.8 Å². The number of aryl methyl sites for hydroxylation is 1. The molecule has 1 spiro atoms. The lowest BCUT2D eigenvalue weighted by Crippen LogP contribution is -2.58. The van der Waals surface area contributed by atoms with E-state index in [0.717, 1.165) is 17.4 Å². The minimum absolute atomic E-state index is 0.0747. The van der Waals surface area contributed by atoms with E-state index in [0.29, 0.717) is 43.8 Å². The molecule has 0 saturated carbocycles. The Kier molecular flexibility index (Phi) is 5.51. The molecule has 2 fully saturated rings. The number of carbonyl (C=O) groups excluding carboxylic acids is 2. The van der Waals surface area contributed by atoms with Crippen LogP contribution in [0.4, 0.5) is 0 Å². The molecule has 8 nitrogen and oxygen atoms in total. The third-order valence-corrected chi connectivity index (χ3v) is 5.95. The van der Waals surface area contributed by atoms with Crippen LogP contribution in [0.3, 0.4) is 0 Å². The zero-order chi connectivity index (χ0) is 21.3. The molecule has 1 N–H and O–H groups in total. The fraction of sp³-hybridized carbons (Fsp3) is 0.500. The van der Waals surface area contributed by atoms with Crippen LogP contribution >= 0.6 is 0 Å². The van der Waals surface area contributed by atoms with Gasteiger partial charge in [-0.25, -0.2) is 4.79 Å². The van der Waals surface area contributed by atoms with Crippen molar-refractivity contribution in [2.24, 2.45) is 0 Å². The first-order valence-corrected chi connectivity index (χ1v) is 10.3. The molecule has 3 heterocycles. The summed E-state index contributed by atoms with van der Waals surface area (Å²) in [6, 6.07) is 6.79. The lowest BCUT2D eigenvalue weighted by Gasteiger charge is -2.44. The molecule has 1 aromatic heterocycles. The molecule has 1 aromatic carbocycles. The molecule has 0 radical (unpaired) electrons. The van der Waals surface area contributed by atoms with Gasteiger partial charge in [-0.1, -0.05) is 6.92 Å². The van der Waals surface area contributed by atoms with Crippen molar-refractivity contribution in [2.75, 3.05) is 26.2 Å². The smallest absolute Gasteiger partial charge is 0.336 e. The molecule has 160 valence electrons. The van der Waals surface area contributed by atoms with E-state index in [9.17, 15) is 14.4 Å². The molecule has 2 aliphatic rings. The molecule has 2 aliphatic heterocycles. The lowest BCUT2D eigenvalue weighted by molar-refractivity contribution is -0.156.